The highest BCUT2D eigenvalue weighted by Crippen LogP contribution is 2.29. The van der Waals surface area contributed by atoms with E-state index in [2.05, 4.69) is 64.3 Å². The Morgan fingerprint density at radius 2 is 1.83 bits per heavy atom. The molecule has 0 radical (unpaired) electrons. The first-order chi connectivity index (χ1) is 8.68. The Morgan fingerprint density at radius 3 is 2.50 bits per heavy atom. The lowest BCUT2D eigenvalue weighted by molar-refractivity contribution is 0.166. The lowest BCUT2D eigenvalue weighted by Crippen LogP contribution is -2.35. The fraction of sp³-hybridized carbons (Fsp3) is 0.600. The zero-order valence-electron chi connectivity index (χ0n) is 11.3. The van der Waals surface area contributed by atoms with Crippen molar-refractivity contribution in [1.29, 1.82) is 0 Å². The van der Waals surface area contributed by atoms with E-state index in [0.717, 1.165) is 24.1 Å². The zero-order chi connectivity index (χ0) is 13.0. The maximum atomic E-state index is 3.52. The summed E-state index contributed by atoms with van der Waals surface area (Å²) in [5.74, 6) is 0.643. The Bertz CT molecular complexity index is 353. The van der Waals surface area contributed by atoms with E-state index in [0.29, 0.717) is 12.0 Å². The summed E-state index contributed by atoms with van der Waals surface area (Å²) < 4.78 is 1.16. The number of hydrogen-bond donors (Lipinski definition) is 1. The van der Waals surface area contributed by atoms with Crippen molar-refractivity contribution in [3.63, 3.8) is 0 Å². The van der Waals surface area contributed by atoms with Crippen LogP contribution in [0.1, 0.15) is 31.9 Å². The molecule has 1 aliphatic heterocycles. The molecular formula is C15H23BrN2. The quantitative estimate of drug-likeness (QED) is 0.920. The third-order valence-electron chi connectivity index (χ3n) is 3.61. The van der Waals surface area contributed by atoms with Gasteiger partial charge in [0.25, 0.3) is 0 Å². The molecule has 0 bridgehead atoms. The first kappa shape index (κ1) is 14.0. The smallest absolute Gasteiger partial charge is 0.0371 e. The minimum Gasteiger partial charge on any atom is -0.315 e. The van der Waals surface area contributed by atoms with Gasteiger partial charge in [-0.25, -0.2) is 0 Å². The molecule has 0 spiro atoms. The van der Waals surface area contributed by atoms with Gasteiger partial charge >= 0.3 is 0 Å². The molecule has 0 aliphatic carbocycles. The van der Waals surface area contributed by atoms with Crippen LogP contribution in [0.25, 0.3) is 0 Å². The summed E-state index contributed by atoms with van der Waals surface area (Å²) in [6.45, 7) is 9.27. The summed E-state index contributed by atoms with van der Waals surface area (Å²) in [6, 6.07) is 9.36. The molecule has 18 heavy (non-hydrogen) atoms. The molecule has 0 aromatic heterocycles. The van der Waals surface area contributed by atoms with Crippen molar-refractivity contribution < 1.29 is 0 Å². The molecule has 2 rings (SSSR count). The molecule has 100 valence electrons. The van der Waals surface area contributed by atoms with E-state index in [9.17, 15) is 0 Å². The SMILES string of the molecule is CC(C)C(c1ccc(Br)cc1)N1CCCNCC1. The van der Waals surface area contributed by atoms with Crippen LogP contribution in [0.2, 0.25) is 0 Å². The van der Waals surface area contributed by atoms with Gasteiger partial charge in [-0.2, -0.15) is 0 Å². The molecule has 0 saturated carbocycles. The average Bonchev–Trinajstić information content (AvgIpc) is 2.60. The van der Waals surface area contributed by atoms with Gasteiger partial charge in [-0.15, -0.1) is 0 Å². The summed E-state index contributed by atoms with van der Waals surface area (Å²) in [5, 5.41) is 3.48. The van der Waals surface area contributed by atoms with Gasteiger partial charge in [-0.05, 0) is 36.6 Å². The Hall–Kier alpha value is -0.380. The second-order valence-electron chi connectivity index (χ2n) is 5.38. The van der Waals surface area contributed by atoms with Crippen LogP contribution >= 0.6 is 15.9 Å². The second kappa shape index (κ2) is 6.69. The molecule has 1 atom stereocenters. The molecule has 1 saturated heterocycles. The van der Waals surface area contributed by atoms with Crippen molar-refractivity contribution in [1.82, 2.24) is 10.2 Å². The van der Waals surface area contributed by atoms with Gasteiger partial charge in [-0.1, -0.05) is 41.9 Å². The Labute approximate surface area is 119 Å². The predicted molar refractivity (Wildman–Crippen MR) is 80.8 cm³/mol. The fourth-order valence-corrected chi connectivity index (χ4v) is 3.09. The minimum atomic E-state index is 0.540. The Balaban J connectivity index is 2.18. The van der Waals surface area contributed by atoms with E-state index >= 15 is 0 Å². The summed E-state index contributed by atoms with van der Waals surface area (Å²) >= 11 is 3.52. The molecule has 0 amide bonds. The van der Waals surface area contributed by atoms with Gasteiger partial charge in [-0.3, -0.25) is 4.90 Å². The van der Waals surface area contributed by atoms with Crippen LogP contribution in [0, 0.1) is 5.92 Å². The molecule has 1 unspecified atom stereocenters. The van der Waals surface area contributed by atoms with E-state index in [4.69, 9.17) is 0 Å². The Morgan fingerprint density at radius 1 is 1.11 bits per heavy atom. The summed E-state index contributed by atoms with van der Waals surface area (Å²) in [6.07, 6.45) is 1.25. The van der Waals surface area contributed by atoms with Gasteiger partial charge in [0, 0.05) is 30.1 Å². The lowest BCUT2D eigenvalue weighted by atomic mass is 9.94. The van der Waals surface area contributed by atoms with E-state index in [1.807, 2.05) is 0 Å². The Kier molecular flexibility index (Phi) is 5.22. The molecule has 1 aromatic carbocycles. The molecule has 1 N–H and O–H groups in total. The predicted octanol–water partition coefficient (Wildman–Crippen LogP) is 3.44. The average molecular weight is 311 g/mol. The molecular weight excluding hydrogens is 288 g/mol. The van der Waals surface area contributed by atoms with Crippen LogP contribution in [-0.2, 0) is 0 Å². The van der Waals surface area contributed by atoms with E-state index in [-0.39, 0.29) is 0 Å². The summed E-state index contributed by atoms with van der Waals surface area (Å²) in [5.41, 5.74) is 1.44. The number of nitrogens with zero attached hydrogens (tertiary/aromatic N) is 1. The maximum Gasteiger partial charge on any atom is 0.0371 e. The number of halogens is 1. The van der Waals surface area contributed by atoms with Gasteiger partial charge in [0.05, 0.1) is 0 Å². The van der Waals surface area contributed by atoms with Crippen LogP contribution in [0.15, 0.2) is 28.7 Å². The van der Waals surface area contributed by atoms with E-state index in [1.165, 1.54) is 18.5 Å². The highest BCUT2D eigenvalue weighted by Gasteiger charge is 2.23. The highest BCUT2D eigenvalue weighted by molar-refractivity contribution is 9.10. The van der Waals surface area contributed by atoms with Crippen LogP contribution in [0.5, 0.6) is 0 Å². The zero-order valence-corrected chi connectivity index (χ0v) is 12.9. The van der Waals surface area contributed by atoms with Crippen LogP contribution < -0.4 is 5.32 Å². The van der Waals surface area contributed by atoms with Crippen LogP contribution in [0.3, 0.4) is 0 Å². The van der Waals surface area contributed by atoms with Crippen molar-refractivity contribution in [2.75, 3.05) is 26.2 Å². The van der Waals surface area contributed by atoms with Crippen molar-refractivity contribution >= 4 is 15.9 Å². The van der Waals surface area contributed by atoms with Crippen LogP contribution in [0.4, 0.5) is 0 Å². The molecule has 1 heterocycles. The van der Waals surface area contributed by atoms with Gasteiger partial charge in [0.15, 0.2) is 0 Å². The van der Waals surface area contributed by atoms with Crippen molar-refractivity contribution in [3.05, 3.63) is 34.3 Å². The number of benzene rings is 1. The van der Waals surface area contributed by atoms with E-state index in [1.54, 1.807) is 0 Å². The first-order valence-electron chi connectivity index (χ1n) is 6.88. The van der Waals surface area contributed by atoms with Crippen molar-refractivity contribution in [2.24, 2.45) is 5.92 Å². The maximum absolute atomic E-state index is 3.52. The summed E-state index contributed by atoms with van der Waals surface area (Å²) in [7, 11) is 0. The topological polar surface area (TPSA) is 15.3 Å². The van der Waals surface area contributed by atoms with E-state index < -0.39 is 0 Å². The van der Waals surface area contributed by atoms with Crippen LogP contribution in [-0.4, -0.2) is 31.1 Å². The number of rotatable bonds is 3. The highest BCUT2D eigenvalue weighted by atomic mass is 79.9. The number of nitrogens with one attached hydrogen (secondary N) is 1. The third-order valence-corrected chi connectivity index (χ3v) is 4.14. The molecule has 1 fully saturated rings. The lowest BCUT2D eigenvalue weighted by Gasteiger charge is -2.33. The fourth-order valence-electron chi connectivity index (χ4n) is 2.82. The molecule has 2 nitrogen and oxygen atoms in total. The normalized spacial score (nSPS) is 19.8. The minimum absolute atomic E-state index is 0.540. The largest absolute Gasteiger partial charge is 0.315 e. The first-order valence-corrected chi connectivity index (χ1v) is 7.68. The second-order valence-corrected chi connectivity index (χ2v) is 6.30. The van der Waals surface area contributed by atoms with Gasteiger partial charge < -0.3 is 5.32 Å². The monoisotopic (exact) mass is 310 g/mol. The molecule has 3 heteroatoms. The molecule has 1 aliphatic rings. The van der Waals surface area contributed by atoms with Crippen molar-refractivity contribution in [2.45, 2.75) is 26.3 Å². The van der Waals surface area contributed by atoms with Crippen molar-refractivity contribution in [3.8, 4) is 0 Å². The summed E-state index contributed by atoms with van der Waals surface area (Å²) in [4.78, 5) is 2.63. The van der Waals surface area contributed by atoms with Gasteiger partial charge in [0.2, 0.25) is 0 Å². The van der Waals surface area contributed by atoms with Gasteiger partial charge in [0.1, 0.15) is 0 Å². The number of hydrogen-bond acceptors (Lipinski definition) is 2. The standard InChI is InChI=1S/C15H23BrN2/c1-12(2)15(13-4-6-14(16)7-5-13)18-10-3-8-17-9-11-18/h4-7,12,15,17H,3,8-11H2,1-2H3. The molecule has 1 aromatic rings. The third kappa shape index (κ3) is 3.56.